The number of methoxy groups -OCH3 is 1. The number of hydrogen-bond donors (Lipinski definition) is 1. The summed E-state index contributed by atoms with van der Waals surface area (Å²) in [5, 5.41) is 1.68. The molecule has 0 spiro atoms. The normalized spacial score (nSPS) is 11.3. The molecule has 22 heavy (non-hydrogen) atoms. The molecule has 0 unspecified atom stereocenters. The molecule has 0 saturated carbocycles. The minimum atomic E-state index is -3.66. The molecule has 7 heteroatoms. The Labute approximate surface area is 132 Å². The zero-order chi connectivity index (χ0) is 15.6. The highest BCUT2D eigenvalue weighted by Crippen LogP contribution is 2.31. The monoisotopic (exact) mass is 334 g/mol. The summed E-state index contributed by atoms with van der Waals surface area (Å²) in [6.07, 6.45) is 3.80. The van der Waals surface area contributed by atoms with Crippen LogP contribution in [0.25, 0.3) is 5.69 Å². The summed E-state index contributed by atoms with van der Waals surface area (Å²) >= 11 is 1.12. The number of sulfonamides is 1. The van der Waals surface area contributed by atoms with Crippen molar-refractivity contribution >= 4 is 27.0 Å². The zero-order valence-corrected chi connectivity index (χ0v) is 13.4. The zero-order valence-electron chi connectivity index (χ0n) is 11.8. The van der Waals surface area contributed by atoms with Gasteiger partial charge in [-0.1, -0.05) is 6.07 Å². The third-order valence-corrected chi connectivity index (χ3v) is 5.89. The summed E-state index contributed by atoms with van der Waals surface area (Å²) in [6, 6.07) is 12.7. The van der Waals surface area contributed by atoms with Gasteiger partial charge in [0, 0.05) is 18.1 Å². The lowest BCUT2D eigenvalue weighted by Gasteiger charge is -2.10. The van der Waals surface area contributed by atoms with Crippen molar-refractivity contribution in [1.82, 2.24) is 4.57 Å². The Morgan fingerprint density at radius 1 is 1.14 bits per heavy atom. The second-order valence-corrected chi connectivity index (χ2v) is 7.32. The van der Waals surface area contributed by atoms with Gasteiger partial charge in [-0.25, -0.2) is 8.42 Å². The molecule has 3 rings (SSSR count). The molecule has 0 aliphatic heterocycles. The molecule has 0 atom stereocenters. The molecule has 0 bridgehead atoms. The standard InChI is InChI=1S/C15H14N2O3S2/c1-20-14-7-10-21-15(14)22(18,19)16-12-5-4-6-13(11-12)17-8-2-3-9-17/h2-11,16H,1H3. The molecule has 1 aromatic carbocycles. The first kappa shape index (κ1) is 14.7. The fraction of sp³-hybridized carbons (Fsp3) is 0.0667. The number of anilines is 1. The van der Waals surface area contributed by atoms with Crippen LogP contribution in [-0.4, -0.2) is 20.1 Å². The maximum Gasteiger partial charge on any atom is 0.275 e. The first-order valence-corrected chi connectivity index (χ1v) is 8.84. The van der Waals surface area contributed by atoms with E-state index in [0.717, 1.165) is 17.0 Å². The van der Waals surface area contributed by atoms with Crippen molar-refractivity contribution < 1.29 is 13.2 Å². The molecule has 0 aliphatic rings. The van der Waals surface area contributed by atoms with Crippen molar-refractivity contribution in [2.75, 3.05) is 11.8 Å². The highest BCUT2D eigenvalue weighted by Gasteiger charge is 2.21. The van der Waals surface area contributed by atoms with Crippen molar-refractivity contribution in [3.8, 4) is 11.4 Å². The number of thiophene rings is 1. The van der Waals surface area contributed by atoms with Gasteiger partial charge in [-0.3, -0.25) is 4.72 Å². The Kier molecular flexibility index (Phi) is 3.91. The smallest absolute Gasteiger partial charge is 0.275 e. The summed E-state index contributed by atoms with van der Waals surface area (Å²) < 4.78 is 34.6. The third-order valence-electron chi connectivity index (χ3n) is 3.06. The molecular formula is C15H14N2O3S2. The Morgan fingerprint density at radius 3 is 2.64 bits per heavy atom. The highest BCUT2D eigenvalue weighted by molar-refractivity contribution is 7.94. The summed E-state index contributed by atoms with van der Waals surface area (Å²) in [4.78, 5) is 0. The van der Waals surface area contributed by atoms with E-state index in [2.05, 4.69) is 4.72 Å². The van der Waals surface area contributed by atoms with Gasteiger partial charge in [0.05, 0.1) is 12.8 Å². The molecule has 0 aliphatic carbocycles. The van der Waals surface area contributed by atoms with Gasteiger partial charge in [0.1, 0.15) is 5.75 Å². The Balaban J connectivity index is 1.91. The Hall–Kier alpha value is -2.25. The van der Waals surface area contributed by atoms with Crippen LogP contribution < -0.4 is 9.46 Å². The van der Waals surface area contributed by atoms with Crippen molar-refractivity contribution in [2.45, 2.75) is 4.21 Å². The van der Waals surface area contributed by atoms with E-state index in [1.807, 2.05) is 35.2 Å². The minimum absolute atomic E-state index is 0.168. The van der Waals surface area contributed by atoms with Crippen LogP contribution >= 0.6 is 11.3 Å². The lowest BCUT2D eigenvalue weighted by Crippen LogP contribution is -2.12. The second-order valence-electron chi connectivity index (χ2n) is 4.52. The fourth-order valence-electron chi connectivity index (χ4n) is 2.07. The molecule has 0 radical (unpaired) electrons. The topological polar surface area (TPSA) is 60.3 Å². The van der Waals surface area contributed by atoms with E-state index in [9.17, 15) is 8.42 Å². The van der Waals surface area contributed by atoms with Crippen LogP contribution in [0.5, 0.6) is 5.75 Å². The van der Waals surface area contributed by atoms with Crippen molar-refractivity contribution in [1.29, 1.82) is 0 Å². The van der Waals surface area contributed by atoms with Gasteiger partial charge in [0.25, 0.3) is 10.0 Å². The van der Waals surface area contributed by atoms with E-state index in [0.29, 0.717) is 11.4 Å². The van der Waals surface area contributed by atoms with Crippen LogP contribution in [0.1, 0.15) is 0 Å². The van der Waals surface area contributed by atoms with Crippen molar-refractivity contribution in [3.05, 3.63) is 60.2 Å². The van der Waals surface area contributed by atoms with Gasteiger partial charge in [-0.15, -0.1) is 11.3 Å². The van der Waals surface area contributed by atoms with Crippen LogP contribution in [-0.2, 0) is 10.0 Å². The van der Waals surface area contributed by atoms with Crippen LogP contribution in [0.15, 0.2) is 64.4 Å². The van der Waals surface area contributed by atoms with E-state index in [4.69, 9.17) is 4.74 Å². The van der Waals surface area contributed by atoms with Gasteiger partial charge >= 0.3 is 0 Å². The highest BCUT2D eigenvalue weighted by atomic mass is 32.2. The molecule has 2 heterocycles. The van der Waals surface area contributed by atoms with E-state index >= 15 is 0 Å². The van der Waals surface area contributed by atoms with Gasteiger partial charge in [0.15, 0.2) is 4.21 Å². The van der Waals surface area contributed by atoms with Gasteiger partial charge in [-0.2, -0.15) is 0 Å². The predicted octanol–water partition coefficient (Wildman–Crippen LogP) is 3.35. The first-order chi connectivity index (χ1) is 10.6. The summed E-state index contributed by atoms with van der Waals surface area (Å²) in [5.74, 6) is 0.346. The molecule has 5 nitrogen and oxygen atoms in total. The average Bonchev–Trinajstić information content (AvgIpc) is 3.18. The number of benzene rings is 1. The van der Waals surface area contributed by atoms with E-state index in [1.54, 1.807) is 29.6 Å². The first-order valence-electron chi connectivity index (χ1n) is 6.48. The lowest BCUT2D eigenvalue weighted by molar-refractivity contribution is 0.406. The number of aromatic nitrogens is 1. The number of rotatable bonds is 5. The van der Waals surface area contributed by atoms with Gasteiger partial charge in [0.2, 0.25) is 0 Å². The number of hydrogen-bond acceptors (Lipinski definition) is 4. The number of nitrogens with zero attached hydrogens (tertiary/aromatic N) is 1. The maximum atomic E-state index is 12.5. The van der Waals surface area contributed by atoms with Gasteiger partial charge < -0.3 is 9.30 Å². The molecular weight excluding hydrogens is 320 g/mol. The third kappa shape index (κ3) is 2.86. The summed E-state index contributed by atoms with van der Waals surface area (Å²) in [6.45, 7) is 0. The fourth-order valence-corrected chi connectivity index (χ4v) is 4.40. The summed E-state index contributed by atoms with van der Waals surface area (Å²) in [5.41, 5.74) is 1.38. The van der Waals surface area contributed by atoms with Crippen LogP contribution in [0.2, 0.25) is 0 Å². The van der Waals surface area contributed by atoms with E-state index < -0.39 is 10.0 Å². The number of ether oxygens (including phenoxy) is 1. The molecule has 0 saturated heterocycles. The summed E-state index contributed by atoms with van der Waals surface area (Å²) in [7, 11) is -2.21. The number of nitrogens with one attached hydrogen (secondary N) is 1. The quantitative estimate of drug-likeness (QED) is 0.778. The van der Waals surface area contributed by atoms with Crippen LogP contribution in [0.3, 0.4) is 0 Å². The Bertz CT molecular complexity index is 868. The van der Waals surface area contributed by atoms with Crippen LogP contribution in [0, 0.1) is 0 Å². The van der Waals surface area contributed by atoms with Crippen molar-refractivity contribution in [2.24, 2.45) is 0 Å². The molecule has 0 fully saturated rings. The predicted molar refractivity (Wildman–Crippen MR) is 87.4 cm³/mol. The maximum absolute atomic E-state index is 12.5. The van der Waals surface area contributed by atoms with Crippen molar-refractivity contribution in [3.63, 3.8) is 0 Å². The molecule has 1 N–H and O–H groups in total. The van der Waals surface area contributed by atoms with Gasteiger partial charge in [-0.05, 0) is 41.8 Å². The van der Waals surface area contributed by atoms with E-state index in [-0.39, 0.29) is 4.21 Å². The molecule has 3 aromatic rings. The molecule has 2 aromatic heterocycles. The molecule has 0 amide bonds. The minimum Gasteiger partial charge on any atom is -0.494 e. The Morgan fingerprint density at radius 2 is 1.91 bits per heavy atom. The average molecular weight is 334 g/mol. The molecule has 114 valence electrons. The van der Waals surface area contributed by atoms with E-state index in [1.165, 1.54) is 7.11 Å². The largest absolute Gasteiger partial charge is 0.494 e. The van der Waals surface area contributed by atoms with Crippen LogP contribution in [0.4, 0.5) is 5.69 Å². The SMILES string of the molecule is COc1ccsc1S(=O)(=O)Nc1cccc(-n2cccc2)c1. The second kappa shape index (κ2) is 5.86. The lowest BCUT2D eigenvalue weighted by atomic mass is 10.3.